The second-order valence-electron chi connectivity index (χ2n) is 4.15. The molecule has 106 valence electrons. The molecule has 0 heterocycles. The van der Waals surface area contributed by atoms with Crippen molar-refractivity contribution >= 4 is 11.6 Å². The van der Waals surface area contributed by atoms with Crippen LogP contribution in [0.3, 0.4) is 0 Å². The molecule has 0 radical (unpaired) electrons. The number of rotatable bonds is 5. The second-order valence-corrected chi connectivity index (χ2v) is 4.15. The average Bonchev–Trinajstić information content (AvgIpc) is 2.38. The van der Waals surface area contributed by atoms with Crippen molar-refractivity contribution in [2.45, 2.75) is 25.9 Å². The molecule has 0 spiro atoms. The Morgan fingerprint density at radius 1 is 1.37 bits per heavy atom. The third kappa shape index (κ3) is 4.24. The molecular weight excluding hydrogens is 257 g/mol. The SMILES string of the molecule is CCCCN(C(=O)CN)c1cccc(C(F)(F)F)c1. The van der Waals surface area contributed by atoms with Gasteiger partial charge in [0.2, 0.25) is 5.91 Å². The summed E-state index contributed by atoms with van der Waals surface area (Å²) < 4.78 is 37.9. The molecule has 0 aliphatic carbocycles. The number of halogens is 3. The molecule has 0 atom stereocenters. The molecule has 1 aromatic carbocycles. The highest BCUT2D eigenvalue weighted by Gasteiger charge is 2.31. The van der Waals surface area contributed by atoms with Gasteiger partial charge in [-0.25, -0.2) is 0 Å². The fraction of sp³-hybridized carbons (Fsp3) is 0.462. The quantitative estimate of drug-likeness (QED) is 0.897. The minimum atomic E-state index is -4.42. The molecule has 3 nitrogen and oxygen atoms in total. The molecule has 2 N–H and O–H groups in total. The Morgan fingerprint density at radius 3 is 2.58 bits per heavy atom. The van der Waals surface area contributed by atoms with E-state index in [1.54, 1.807) is 0 Å². The lowest BCUT2D eigenvalue weighted by atomic mass is 10.1. The number of nitrogens with two attached hydrogens (primary N) is 1. The third-order valence-corrected chi connectivity index (χ3v) is 2.70. The van der Waals surface area contributed by atoms with E-state index in [2.05, 4.69) is 0 Å². The fourth-order valence-electron chi connectivity index (χ4n) is 1.67. The Morgan fingerprint density at radius 2 is 2.05 bits per heavy atom. The molecule has 0 saturated carbocycles. The van der Waals surface area contributed by atoms with E-state index >= 15 is 0 Å². The van der Waals surface area contributed by atoms with E-state index in [0.29, 0.717) is 13.0 Å². The molecule has 1 rings (SSSR count). The number of amides is 1. The van der Waals surface area contributed by atoms with E-state index in [0.717, 1.165) is 18.6 Å². The maximum atomic E-state index is 12.6. The number of hydrogen-bond donors (Lipinski definition) is 1. The van der Waals surface area contributed by atoms with Gasteiger partial charge in [0.05, 0.1) is 12.1 Å². The standard InChI is InChI=1S/C13H17F3N2O/c1-2-3-7-18(12(19)9-17)11-6-4-5-10(8-11)13(14,15)16/h4-6,8H,2-3,7,9,17H2,1H3. The van der Waals surface area contributed by atoms with Crippen molar-refractivity contribution in [2.24, 2.45) is 5.73 Å². The molecule has 0 aliphatic rings. The molecule has 6 heteroatoms. The normalized spacial score (nSPS) is 11.4. The first-order valence-corrected chi connectivity index (χ1v) is 6.07. The van der Waals surface area contributed by atoms with Crippen LogP contribution in [-0.2, 0) is 11.0 Å². The summed E-state index contributed by atoms with van der Waals surface area (Å²) in [7, 11) is 0. The number of alkyl halides is 3. The second kappa shape index (κ2) is 6.56. The largest absolute Gasteiger partial charge is 0.416 e. The molecule has 0 aliphatic heterocycles. The van der Waals surface area contributed by atoms with Crippen LogP contribution in [0, 0.1) is 0 Å². The van der Waals surface area contributed by atoms with Gasteiger partial charge in [0.15, 0.2) is 0 Å². The lowest BCUT2D eigenvalue weighted by Crippen LogP contribution is -2.36. The predicted octanol–water partition coefficient (Wildman–Crippen LogP) is 2.80. The molecule has 0 unspecified atom stereocenters. The highest BCUT2D eigenvalue weighted by molar-refractivity contribution is 5.94. The molecule has 1 aromatic rings. The summed E-state index contributed by atoms with van der Waals surface area (Å²) in [5.41, 5.74) is 4.76. The molecule has 0 bridgehead atoms. The van der Waals surface area contributed by atoms with E-state index in [1.165, 1.54) is 17.0 Å². The molecule has 0 saturated heterocycles. The first-order valence-electron chi connectivity index (χ1n) is 6.07. The summed E-state index contributed by atoms with van der Waals surface area (Å²) in [5, 5.41) is 0. The number of nitrogens with zero attached hydrogens (tertiary/aromatic N) is 1. The van der Waals surface area contributed by atoms with Crippen LogP contribution in [0.15, 0.2) is 24.3 Å². The van der Waals surface area contributed by atoms with Gasteiger partial charge in [-0.2, -0.15) is 13.2 Å². The zero-order valence-corrected chi connectivity index (χ0v) is 10.7. The first kappa shape index (κ1) is 15.5. The van der Waals surface area contributed by atoms with E-state index in [4.69, 9.17) is 5.73 Å². The molecular formula is C13H17F3N2O. The highest BCUT2D eigenvalue weighted by atomic mass is 19.4. The summed E-state index contributed by atoms with van der Waals surface area (Å²) in [6, 6.07) is 4.73. The Kier molecular flexibility index (Phi) is 5.35. The van der Waals surface area contributed by atoms with Crippen LogP contribution >= 0.6 is 0 Å². The van der Waals surface area contributed by atoms with Crippen LogP contribution in [-0.4, -0.2) is 19.0 Å². The smallest absolute Gasteiger partial charge is 0.322 e. The molecule has 0 aromatic heterocycles. The number of carbonyl (C=O) groups is 1. The zero-order valence-electron chi connectivity index (χ0n) is 10.7. The van der Waals surface area contributed by atoms with Crippen molar-refractivity contribution in [1.29, 1.82) is 0 Å². The number of benzene rings is 1. The number of carbonyl (C=O) groups excluding carboxylic acids is 1. The van der Waals surface area contributed by atoms with E-state index in [-0.39, 0.29) is 18.1 Å². The van der Waals surface area contributed by atoms with Crippen LogP contribution < -0.4 is 10.6 Å². The van der Waals surface area contributed by atoms with Crippen molar-refractivity contribution in [1.82, 2.24) is 0 Å². The molecule has 19 heavy (non-hydrogen) atoms. The maximum Gasteiger partial charge on any atom is 0.416 e. The lowest BCUT2D eigenvalue weighted by Gasteiger charge is -2.23. The average molecular weight is 274 g/mol. The van der Waals surface area contributed by atoms with Crippen molar-refractivity contribution in [3.63, 3.8) is 0 Å². The maximum absolute atomic E-state index is 12.6. The van der Waals surface area contributed by atoms with Crippen LogP contribution in [0.4, 0.5) is 18.9 Å². The van der Waals surface area contributed by atoms with E-state index in [9.17, 15) is 18.0 Å². The van der Waals surface area contributed by atoms with Crippen LogP contribution in [0.1, 0.15) is 25.3 Å². The summed E-state index contributed by atoms with van der Waals surface area (Å²) in [6.45, 7) is 2.09. The highest BCUT2D eigenvalue weighted by Crippen LogP contribution is 2.31. The van der Waals surface area contributed by atoms with Gasteiger partial charge in [0, 0.05) is 12.2 Å². The van der Waals surface area contributed by atoms with E-state index in [1.807, 2.05) is 6.92 Å². The Bertz CT molecular complexity index is 432. The van der Waals surface area contributed by atoms with Gasteiger partial charge in [-0.15, -0.1) is 0 Å². The third-order valence-electron chi connectivity index (χ3n) is 2.70. The monoisotopic (exact) mass is 274 g/mol. The van der Waals surface area contributed by atoms with Gasteiger partial charge >= 0.3 is 6.18 Å². The van der Waals surface area contributed by atoms with Gasteiger partial charge in [0.1, 0.15) is 0 Å². The fourth-order valence-corrected chi connectivity index (χ4v) is 1.67. The summed E-state index contributed by atoms with van der Waals surface area (Å²) in [6.07, 6.45) is -2.87. The number of anilines is 1. The minimum Gasteiger partial charge on any atom is -0.322 e. The predicted molar refractivity (Wildman–Crippen MR) is 67.8 cm³/mol. The Hall–Kier alpha value is -1.56. The van der Waals surface area contributed by atoms with Crippen molar-refractivity contribution in [3.05, 3.63) is 29.8 Å². The van der Waals surface area contributed by atoms with Crippen LogP contribution in [0.2, 0.25) is 0 Å². The lowest BCUT2D eigenvalue weighted by molar-refractivity contribution is -0.137. The van der Waals surface area contributed by atoms with Gasteiger partial charge in [-0.1, -0.05) is 19.4 Å². The number of hydrogen-bond acceptors (Lipinski definition) is 2. The topological polar surface area (TPSA) is 46.3 Å². The van der Waals surface area contributed by atoms with E-state index < -0.39 is 11.7 Å². The Labute approximate surface area is 110 Å². The summed E-state index contributed by atoms with van der Waals surface area (Å²) >= 11 is 0. The van der Waals surface area contributed by atoms with Crippen molar-refractivity contribution in [2.75, 3.05) is 18.0 Å². The van der Waals surface area contributed by atoms with Gasteiger partial charge in [0.25, 0.3) is 0 Å². The van der Waals surface area contributed by atoms with Gasteiger partial charge in [-0.05, 0) is 24.6 Å². The summed E-state index contributed by atoms with van der Waals surface area (Å²) in [4.78, 5) is 13.0. The van der Waals surface area contributed by atoms with Crippen LogP contribution in [0.25, 0.3) is 0 Å². The van der Waals surface area contributed by atoms with Gasteiger partial charge < -0.3 is 10.6 Å². The minimum absolute atomic E-state index is 0.222. The number of unbranched alkanes of at least 4 members (excludes halogenated alkanes) is 1. The summed E-state index contributed by atoms with van der Waals surface area (Å²) in [5.74, 6) is -0.382. The van der Waals surface area contributed by atoms with Crippen LogP contribution in [0.5, 0.6) is 0 Å². The molecule has 1 amide bonds. The van der Waals surface area contributed by atoms with Crippen molar-refractivity contribution < 1.29 is 18.0 Å². The van der Waals surface area contributed by atoms with Gasteiger partial charge in [-0.3, -0.25) is 4.79 Å². The first-order chi connectivity index (χ1) is 8.90. The van der Waals surface area contributed by atoms with Crippen molar-refractivity contribution in [3.8, 4) is 0 Å². The molecule has 0 fully saturated rings. The Balaban J connectivity index is 3.05. The zero-order chi connectivity index (χ0) is 14.5.